The molecule has 3 N–H and O–H groups in total. The minimum absolute atomic E-state index is 0.224. The first kappa shape index (κ1) is 11.6. The van der Waals surface area contributed by atoms with E-state index in [-0.39, 0.29) is 5.95 Å². The number of nitrogens with two attached hydrogens (primary N) is 1. The molecule has 0 bridgehead atoms. The van der Waals surface area contributed by atoms with Crippen LogP contribution in [-0.2, 0) is 0 Å². The van der Waals surface area contributed by atoms with E-state index in [0.717, 1.165) is 6.42 Å². The van der Waals surface area contributed by atoms with Crippen LogP contribution < -0.4 is 15.8 Å². The summed E-state index contributed by atoms with van der Waals surface area (Å²) in [7, 11) is 1.78. The Bertz CT molecular complexity index is 314. The number of rotatable bonds is 5. The van der Waals surface area contributed by atoms with Gasteiger partial charge in [0.15, 0.2) is 0 Å². The molecular weight excluding hydrogens is 192 g/mol. The second-order valence-corrected chi connectivity index (χ2v) is 3.73. The van der Waals surface area contributed by atoms with Gasteiger partial charge in [0.05, 0.1) is 6.61 Å². The van der Waals surface area contributed by atoms with Crippen LogP contribution in [0, 0.1) is 5.92 Å². The van der Waals surface area contributed by atoms with Crippen LogP contribution in [0.15, 0.2) is 6.07 Å². The normalized spacial score (nSPS) is 10.4. The summed E-state index contributed by atoms with van der Waals surface area (Å²) in [5, 5.41) is 2.90. The van der Waals surface area contributed by atoms with E-state index in [1.807, 2.05) is 0 Å². The maximum atomic E-state index is 5.52. The maximum Gasteiger partial charge on any atom is 0.225 e. The number of anilines is 2. The van der Waals surface area contributed by atoms with E-state index in [1.165, 1.54) is 0 Å². The van der Waals surface area contributed by atoms with Crippen molar-refractivity contribution in [2.24, 2.45) is 5.92 Å². The molecule has 0 amide bonds. The highest BCUT2D eigenvalue weighted by Crippen LogP contribution is 2.14. The van der Waals surface area contributed by atoms with Crippen molar-refractivity contribution in [1.29, 1.82) is 0 Å². The average molecular weight is 210 g/mol. The largest absolute Gasteiger partial charge is 0.477 e. The van der Waals surface area contributed by atoms with Gasteiger partial charge in [0.2, 0.25) is 11.8 Å². The van der Waals surface area contributed by atoms with E-state index < -0.39 is 0 Å². The van der Waals surface area contributed by atoms with Crippen molar-refractivity contribution in [2.45, 2.75) is 20.3 Å². The fourth-order valence-corrected chi connectivity index (χ4v) is 1.04. The molecule has 0 radical (unpaired) electrons. The molecule has 84 valence electrons. The molecule has 0 aliphatic carbocycles. The number of nitrogens with one attached hydrogen (secondary N) is 1. The molecule has 1 heterocycles. The standard InChI is InChI=1S/C10H18N4O/c1-7(2)4-5-15-9-6-8(12-3)13-10(11)14-9/h6-7H,4-5H2,1-3H3,(H3,11,12,13,14). The SMILES string of the molecule is CNc1cc(OCCC(C)C)nc(N)n1. The van der Waals surface area contributed by atoms with Gasteiger partial charge in [-0.25, -0.2) is 0 Å². The lowest BCUT2D eigenvalue weighted by Gasteiger charge is -2.08. The first-order valence-corrected chi connectivity index (χ1v) is 5.07. The Morgan fingerprint density at radius 2 is 2.20 bits per heavy atom. The minimum Gasteiger partial charge on any atom is -0.477 e. The van der Waals surface area contributed by atoms with Gasteiger partial charge in [-0.1, -0.05) is 13.8 Å². The van der Waals surface area contributed by atoms with Crippen LogP contribution in [0.2, 0.25) is 0 Å². The Morgan fingerprint density at radius 3 is 2.80 bits per heavy atom. The highest BCUT2D eigenvalue weighted by molar-refractivity contribution is 5.41. The molecule has 0 aliphatic heterocycles. The van der Waals surface area contributed by atoms with Crippen LogP contribution in [0.4, 0.5) is 11.8 Å². The number of nitrogens with zero attached hydrogens (tertiary/aromatic N) is 2. The summed E-state index contributed by atoms with van der Waals surface area (Å²) in [6.07, 6.45) is 0.999. The monoisotopic (exact) mass is 210 g/mol. The van der Waals surface area contributed by atoms with E-state index in [0.29, 0.717) is 24.2 Å². The van der Waals surface area contributed by atoms with Gasteiger partial charge in [-0.3, -0.25) is 0 Å². The predicted octanol–water partition coefficient (Wildman–Crippen LogP) is 1.53. The van der Waals surface area contributed by atoms with Gasteiger partial charge in [0.1, 0.15) is 5.82 Å². The Hall–Kier alpha value is -1.52. The van der Waals surface area contributed by atoms with Gasteiger partial charge in [-0.15, -0.1) is 0 Å². The number of hydrogen-bond acceptors (Lipinski definition) is 5. The molecule has 0 aliphatic rings. The van der Waals surface area contributed by atoms with Crippen LogP contribution in [0.25, 0.3) is 0 Å². The highest BCUT2D eigenvalue weighted by Gasteiger charge is 2.02. The van der Waals surface area contributed by atoms with Gasteiger partial charge >= 0.3 is 0 Å². The Morgan fingerprint density at radius 1 is 1.47 bits per heavy atom. The zero-order chi connectivity index (χ0) is 11.3. The van der Waals surface area contributed by atoms with Crippen LogP contribution >= 0.6 is 0 Å². The number of nitrogen functional groups attached to an aromatic ring is 1. The summed E-state index contributed by atoms with van der Waals surface area (Å²) in [6.45, 7) is 4.95. The number of aromatic nitrogens is 2. The molecule has 0 spiro atoms. The predicted molar refractivity (Wildman–Crippen MR) is 60.9 cm³/mol. The fraction of sp³-hybridized carbons (Fsp3) is 0.600. The lowest BCUT2D eigenvalue weighted by atomic mass is 10.1. The smallest absolute Gasteiger partial charge is 0.225 e. The summed E-state index contributed by atoms with van der Waals surface area (Å²) in [6, 6.07) is 1.73. The molecule has 0 aromatic carbocycles. The van der Waals surface area contributed by atoms with Crippen LogP contribution in [0.3, 0.4) is 0 Å². The number of hydrogen-bond donors (Lipinski definition) is 2. The van der Waals surface area contributed by atoms with Gasteiger partial charge in [-0.2, -0.15) is 9.97 Å². The lowest BCUT2D eigenvalue weighted by Crippen LogP contribution is -2.06. The molecular formula is C10H18N4O. The van der Waals surface area contributed by atoms with Crippen molar-refractivity contribution in [2.75, 3.05) is 24.7 Å². The molecule has 0 saturated carbocycles. The van der Waals surface area contributed by atoms with E-state index in [4.69, 9.17) is 10.5 Å². The molecule has 0 saturated heterocycles. The summed E-state index contributed by atoms with van der Waals surface area (Å²) in [5.41, 5.74) is 5.52. The first-order chi connectivity index (χ1) is 7.11. The second kappa shape index (κ2) is 5.38. The second-order valence-electron chi connectivity index (χ2n) is 3.73. The molecule has 0 atom stereocenters. The number of ether oxygens (including phenoxy) is 1. The molecule has 5 heteroatoms. The molecule has 1 aromatic rings. The van der Waals surface area contributed by atoms with Gasteiger partial charge in [0.25, 0.3) is 0 Å². The average Bonchev–Trinajstić information content (AvgIpc) is 2.16. The van der Waals surface area contributed by atoms with Crippen molar-refractivity contribution in [3.8, 4) is 5.88 Å². The van der Waals surface area contributed by atoms with Crippen molar-refractivity contribution in [3.05, 3.63) is 6.07 Å². The van der Waals surface area contributed by atoms with Crippen LogP contribution in [0.1, 0.15) is 20.3 Å². The zero-order valence-electron chi connectivity index (χ0n) is 9.45. The van der Waals surface area contributed by atoms with Crippen LogP contribution in [0.5, 0.6) is 5.88 Å². The van der Waals surface area contributed by atoms with Crippen molar-refractivity contribution < 1.29 is 4.74 Å². The maximum absolute atomic E-state index is 5.52. The van der Waals surface area contributed by atoms with Gasteiger partial charge in [-0.05, 0) is 12.3 Å². The minimum atomic E-state index is 0.224. The van der Waals surface area contributed by atoms with E-state index in [9.17, 15) is 0 Å². The van der Waals surface area contributed by atoms with Crippen molar-refractivity contribution in [1.82, 2.24) is 9.97 Å². The Labute approximate surface area is 90.1 Å². The zero-order valence-corrected chi connectivity index (χ0v) is 9.45. The summed E-state index contributed by atoms with van der Waals surface area (Å²) in [4.78, 5) is 7.95. The third-order valence-electron chi connectivity index (χ3n) is 1.92. The van der Waals surface area contributed by atoms with E-state index >= 15 is 0 Å². The first-order valence-electron chi connectivity index (χ1n) is 5.07. The Balaban J connectivity index is 2.56. The van der Waals surface area contributed by atoms with E-state index in [2.05, 4.69) is 29.1 Å². The third-order valence-corrected chi connectivity index (χ3v) is 1.92. The molecule has 1 rings (SSSR count). The van der Waals surface area contributed by atoms with Gasteiger partial charge in [0, 0.05) is 13.1 Å². The molecule has 15 heavy (non-hydrogen) atoms. The lowest BCUT2D eigenvalue weighted by molar-refractivity contribution is 0.279. The summed E-state index contributed by atoms with van der Waals surface area (Å²) >= 11 is 0. The summed E-state index contributed by atoms with van der Waals surface area (Å²) < 4.78 is 5.47. The molecule has 0 unspecified atom stereocenters. The molecule has 1 aromatic heterocycles. The van der Waals surface area contributed by atoms with E-state index in [1.54, 1.807) is 13.1 Å². The van der Waals surface area contributed by atoms with Gasteiger partial charge < -0.3 is 15.8 Å². The van der Waals surface area contributed by atoms with Crippen molar-refractivity contribution in [3.63, 3.8) is 0 Å². The summed E-state index contributed by atoms with van der Waals surface area (Å²) in [5.74, 6) is 2.03. The van der Waals surface area contributed by atoms with Crippen molar-refractivity contribution >= 4 is 11.8 Å². The molecule has 5 nitrogen and oxygen atoms in total. The quantitative estimate of drug-likeness (QED) is 0.771. The topological polar surface area (TPSA) is 73.1 Å². The molecule has 0 fully saturated rings. The van der Waals surface area contributed by atoms with Crippen LogP contribution in [-0.4, -0.2) is 23.6 Å². The highest BCUT2D eigenvalue weighted by atomic mass is 16.5. The third kappa shape index (κ3) is 4.01. The fourth-order valence-electron chi connectivity index (χ4n) is 1.04. The Kier molecular flexibility index (Phi) is 4.15.